The number of aromatic hydroxyl groups is 2. The van der Waals surface area contributed by atoms with Gasteiger partial charge in [-0.3, -0.25) is 4.90 Å². The maximum absolute atomic E-state index is 12.0. The summed E-state index contributed by atoms with van der Waals surface area (Å²) in [7, 11) is 0. The molecule has 31 heavy (non-hydrogen) atoms. The van der Waals surface area contributed by atoms with Crippen LogP contribution in [0.2, 0.25) is 0 Å². The fourth-order valence-electron chi connectivity index (χ4n) is 3.89. The molecule has 7 heteroatoms. The molecule has 3 aromatic rings. The summed E-state index contributed by atoms with van der Waals surface area (Å²) < 4.78 is 5.40. The summed E-state index contributed by atoms with van der Waals surface area (Å²) in [4.78, 5) is 21.0. The molecule has 4 rings (SSSR count). The van der Waals surface area contributed by atoms with Gasteiger partial charge in [-0.25, -0.2) is 9.78 Å². The number of hydrogen-bond donors (Lipinski definition) is 3. The minimum absolute atomic E-state index is 0.0441. The molecule has 7 nitrogen and oxygen atoms in total. The number of nitrogens with zero attached hydrogens (tertiary/aromatic N) is 2. The first-order chi connectivity index (χ1) is 14.9. The molecule has 0 unspecified atom stereocenters. The molecule has 1 saturated heterocycles. The van der Waals surface area contributed by atoms with Gasteiger partial charge in [0.25, 0.3) is 0 Å². The van der Waals surface area contributed by atoms with E-state index in [1.807, 2.05) is 38.1 Å². The average molecular weight is 421 g/mol. The van der Waals surface area contributed by atoms with Gasteiger partial charge in [0.1, 0.15) is 11.5 Å². The SMILES string of the molecule is CC(C)c1cc(-c2cnc(=O)[nH]c2-c2ccc(CN3CCOCC3)cc2)c(O)cc1O. The van der Waals surface area contributed by atoms with E-state index in [4.69, 9.17) is 4.74 Å². The molecule has 0 saturated carbocycles. The number of phenolic OH excluding ortho intramolecular Hbond substituents is 2. The van der Waals surface area contributed by atoms with Crippen LogP contribution in [0.4, 0.5) is 0 Å². The van der Waals surface area contributed by atoms with Crippen molar-refractivity contribution in [3.63, 3.8) is 0 Å². The fraction of sp³-hybridized carbons (Fsp3) is 0.333. The molecule has 2 aromatic carbocycles. The van der Waals surface area contributed by atoms with Crippen LogP contribution in [-0.4, -0.2) is 51.4 Å². The number of phenols is 2. The van der Waals surface area contributed by atoms with Crippen LogP contribution in [0.5, 0.6) is 11.5 Å². The molecule has 1 aromatic heterocycles. The summed E-state index contributed by atoms with van der Waals surface area (Å²) in [5, 5.41) is 20.7. The number of aromatic amines is 1. The molecule has 0 atom stereocenters. The van der Waals surface area contributed by atoms with Gasteiger partial charge in [0.15, 0.2) is 0 Å². The Kier molecular flexibility index (Phi) is 6.06. The average Bonchev–Trinajstić information content (AvgIpc) is 2.75. The van der Waals surface area contributed by atoms with Crippen molar-refractivity contribution in [2.45, 2.75) is 26.3 Å². The van der Waals surface area contributed by atoms with Crippen LogP contribution in [0, 0.1) is 0 Å². The third kappa shape index (κ3) is 4.62. The van der Waals surface area contributed by atoms with E-state index in [-0.39, 0.29) is 17.4 Å². The molecule has 3 N–H and O–H groups in total. The van der Waals surface area contributed by atoms with E-state index in [0.29, 0.717) is 22.4 Å². The monoisotopic (exact) mass is 421 g/mol. The predicted molar refractivity (Wildman–Crippen MR) is 119 cm³/mol. The zero-order valence-electron chi connectivity index (χ0n) is 17.8. The summed E-state index contributed by atoms with van der Waals surface area (Å²) in [6.07, 6.45) is 1.46. The van der Waals surface area contributed by atoms with Crippen molar-refractivity contribution in [1.29, 1.82) is 0 Å². The van der Waals surface area contributed by atoms with Crippen LogP contribution in [0.25, 0.3) is 22.4 Å². The number of ether oxygens (including phenoxy) is 1. The van der Waals surface area contributed by atoms with Gasteiger partial charge < -0.3 is 19.9 Å². The number of nitrogens with one attached hydrogen (secondary N) is 1. The predicted octanol–water partition coefficient (Wildman–Crippen LogP) is 3.47. The van der Waals surface area contributed by atoms with Crippen LogP contribution in [0.15, 0.2) is 47.4 Å². The largest absolute Gasteiger partial charge is 0.508 e. The van der Waals surface area contributed by atoms with E-state index in [0.717, 1.165) is 38.4 Å². The molecule has 0 amide bonds. The summed E-state index contributed by atoms with van der Waals surface area (Å²) in [6, 6.07) is 11.1. The van der Waals surface area contributed by atoms with Crippen molar-refractivity contribution in [3.05, 3.63) is 64.2 Å². The first-order valence-electron chi connectivity index (χ1n) is 10.5. The highest BCUT2D eigenvalue weighted by molar-refractivity contribution is 5.84. The van der Waals surface area contributed by atoms with E-state index >= 15 is 0 Å². The molecule has 1 aliphatic rings. The number of hydrogen-bond acceptors (Lipinski definition) is 6. The quantitative estimate of drug-likeness (QED) is 0.584. The molecular formula is C24H27N3O4. The first kappa shape index (κ1) is 21.1. The zero-order chi connectivity index (χ0) is 22.0. The molecule has 0 bridgehead atoms. The molecule has 1 fully saturated rings. The minimum atomic E-state index is -0.460. The second-order valence-electron chi connectivity index (χ2n) is 8.15. The van der Waals surface area contributed by atoms with E-state index in [2.05, 4.69) is 14.9 Å². The first-order valence-corrected chi connectivity index (χ1v) is 10.5. The van der Waals surface area contributed by atoms with E-state index in [1.54, 1.807) is 6.07 Å². The standard InChI is InChI=1S/C24H27N3O4/c1-15(2)18-11-19(22(29)12-21(18)28)20-13-25-24(30)26-23(20)17-5-3-16(4-6-17)14-27-7-9-31-10-8-27/h3-6,11-13,15,28-29H,7-10,14H2,1-2H3,(H,25,26,30). The summed E-state index contributed by atoms with van der Waals surface area (Å²) >= 11 is 0. The topological polar surface area (TPSA) is 98.7 Å². The third-order valence-corrected chi connectivity index (χ3v) is 5.62. The Labute approximate surface area is 181 Å². The van der Waals surface area contributed by atoms with Gasteiger partial charge >= 0.3 is 5.69 Å². The van der Waals surface area contributed by atoms with Gasteiger partial charge in [0, 0.05) is 43.0 Å². The Balaban J connectivity index is 1.71. The van der Waals surface area contributed by atoms with Crippen molar-refractivity contribution in [1.82, 2.24) is 14.9 Å². The van der Waals surface area contributed by atoms with Crippen molar-refractivity contribution in [3.8, 4) is 33.9 Å². The number of morpholine rings is 1. The third-order valence-electron chi connectivity index (χ3n) is 5.62. The maximum atomic E-state index is 12.0. The van der Waals surface area contributed by atoms with Crippen molar-refractivity contribution in [2.75, 3.05) is 26.3 Å². The smallest absolute Gasteiger partial charge is 0.345 e. The summed E-state index contributed by atoms with van der Waals surface area (Å²) in [5.74, 6) is 0.0431. The number of aromatic nitrogens is 2. The van der Waals surface area contributed by atoms with Crippen molar-refractivity contribution >= 4 is 0 Å². The normalized spacial score (nSPS) is 14.8. The van der Waals surface area contributed by atoms with E-state index in [9.17, 15) is 15.0 Å². The molecule has 0 spiro atoms. The highest BCUT2D eigenvalue weighted by atomic mass is 16.5. The number of rotatable bonds is 5. The number of H-pyrrole nitrogens is 1. The fourth-order valence-corrected chi connectivity index (χ4v) is 3.89. The van der Waals surface area contributed by atoms with Crippen molar-refractivity contribution < 1.29 is 14.9 Å². The van der Waals surface area contributed by atoms with Crippen LogP contribution < -0.4 is 5.69 Å². The Hall–Kier alpha value is -3.16. The van der Waals surface area contributed by atoms with Gasteiger partial charge in [-0.1, -0.05) is 38.1 Å². The molecule has 1 aliphatic heterocycles. The Morgan fingerprint density at radius 2 is 1.77 bits per heavy atom. The van der Waals surface area contributed by atoms with Gasteiger partial charge in [-0.05, 0) is 28.7 Å². The van der Waals surface area contributed by atoms with E-state index in [1.165, 1.54) is 17.8 Å². The number of benzene rings is 2. The lowest BCUT2D eigenvalue weighted by Gasteiger charge is -2.26. The van der Waals surface area contributed by atoms with Crippen LogP contribution in [0.1, 0.15) is 30.9 Å². The van der Waals surface area contributed by atoms with Gasteiger partial charge in [-0.15, -0.1) is 0 Å². The minimum Gasteiger partial charge on any atom is -0.508 e. The molecule has 2 heterocycles. The lowest BCUT2D eigenvalue weighted by atomic mass is 9.94. The highest BCUT2D eigenvalue weighted by Gasteiger charge is 2.18. The zero-order valence-corrected chi connectivity index (χ0v) is 17.8. The van der Waals surface area contributed by atoms with Crippen molar-refractivity contribution in [2.24, 2.45) is 0 Å². The molecule has 162 valence electrons. The highest BCUT2D eigenvalue weighted by Crippen LogP contribution is 2.40. The molecular weight excluding hydrogens is 394 g/mol. The summed E-state index contributed by atoms with van der Waals surface area (Å²) in [6.45, 7) is 8.14. The second kappa shape index (κ2) is 8.91. The van der Waals surface area contributed by atoms with Gasteiger partial charge in [-0.2, -0.15) is 0 Å². The Morgan fingerprint density at radius 1 is 1.06 bits per heavy atom. The van der Waals surface area contributed by atoms with E-state index < -0.39 is 5.69 Å². The molecule has 0 radical (unpaired) electrons. The van der Waals surface area contributed by atoms with Gasteiger partial charge in [0.2, 0.25) is 0 Å². The van der Waals surface area contributed by atoms with Gasteiger partial charge in [0.05, 0.1) is 18.9 Å². The lowest BCUT2D eigenvalue weighted by Crippen LogP contribution is -2.35. The maximum Gasteiger partial charge on any atom is 0.345 e. The Bertz CT molecular complexity index is 1120. The lowest BCUT2D eigenvalue weighted by molar-refractivity contribution is 0.0342. The summed E-state index contributed by atoms with van der Waals surface area (Å²) in [5.41, 5.74) is 3.94. The van der Waals surface area contributed by atoms with Crippen LogP contribution >= 0.6 is 0 Å². The van der Waals surface area contributed by atoms with Crippen LogP contribution in [-0.2, 0) is 11.3 Å². The molecule has 0 aliphatic carbocycles. The Morgan fingerprint density at radius 3 is 2.45 bits per heavy atom. The van der Waals surface area contributed by atoms with Crippen LogP contribution in [0.3, 0.4) is 0 Å². The second-order valence-corrected chi connectivity index (χ2v) is 8.15.